The predicted molar refractivity (Wildman–Crippen MR) is 141 cm³/mol. The first-order valence-electron chi connectivity index (χ1n) is 12.4. The maximum Gasteiger partial charge on any atom is 0.407 e. The summed E-state index contributed by atoms with van der Waals surface area (Å²) in [6, 6.07) is 23.7. The second-order valence-electron chi connectivity index (χ2n) is 8.74. The van der Waals surface area contributed by atoms with E-state index in [4.69, 9.17) is 9.47 Å². The smallest absolute Gasteiger partial charge is 0.407 e. The highest BCUT2D eigenvalue weighted by Crippen LogP contribution is 2.40. The van der Waals surface area contributed by atoms with Crippen molar-refractivity contribution in [3.63, 3.8) is 0 Å². The minimum Gasteiger partial charge on any atom is -0.436 e. The van der Waals surface area contributed by atoms with Gasteiger partial charge in [-0.05, 0) is 29.7 Å². The number of hydrogen-bond donors (Lipinski definition) is 2. The molecule has 0 aromatic heterocycles. The van der Waals surface area contributed by atoms with E-state index in [1.54, 1.807) is 17.0 Å². The van der Waals surface area contributed by atoms with Gasteiger partial charge in [0.2, 0.25) is 0 Å². The second-order valence-corrected chi connectivity index (χ2v) is 8.74. The number of alkyl halides is 1. The molecule has 38 heavy (non-hydrogen) atoms. The van der Waals surface area contributed by atoms with Gasteiger partial charge in [0.15, 0.2) is 6.10 Å². The van der Waals surface area contributed by atoms with E-state index < -0.39 is 30.8 Å². The van der Waals surface area contributed by atoms with Crippen LogP contribution in [-0.2, 0) is 25.7 Å². The first-order valence-corrected chi connectivity index (χ1v) is 12.4. The minimum absolute atomic E-state index is 0.221. The van der Waals surface area contributed by atoms with E-state index in [1.807, 2.05) is 66.7 Å². The lowest BCUT2D eigenvalue weighted by molar-refractivity contribution is -0.132. The van der Waals surface area contributed by atoms with Gasteiger partial charge in [-0.1, -0.05) is 72.8 Å². The zero-order valence-electron chi connectivity index (χ0n) is 21.1. The maximum atomic E-state index is 14.0. The van der Waals surface area contributed by atoms with Crippen molar-refractivity contribution in [1.82, 2.24) is 10.6 Å². The molecular formula is C29H30FN3O5. The fourth-order valence-corrected chi connectivity index (χ4v) is 4.29. The molecule has 4 rings (SSSR count). The van der Waals surface area contributed by atoms with Gasteiger partial charge in [0, 0.05) is 18.7 Å². The van der Waals surface area contributed by atoms with E-state index in [0.29, 0.717) is 17.9 Å². The van der Waals surface area contributed by atoms with E-state index in [0.717, 1.165) is 16.7 Å². The molecule has 3 amide bonds. The number of anilines is 1. The maximum absolute atomic E-state index is 14.0. The number of nitrogens with zero attached hydrogens (tertiary/aromatic N) is 1. The van der Waals surface area contributed by atoms with Gasteiger partial charge in [0.25, 0.3) is 11.8 Å². The van der Waals surface area contributed by atoms with Crippen LogP contribution < -0.4 is 15.5 Å². The molecule has 9 heteroatoms. The Bertz CT molecular complexity index is 1270. The van der Waals surface area contributed by atoms with Gasteiger partial charge in [0.05, 0.1) is 18.9 Å². The average Bonchev–Trinajstić information content (AvgIpc) is 3.03. The van der Waals surface area contributed by atoms with Crippen LogP contribution in [0.1, 0.15) is 24.1 Å². The summed E-state index contributed by atoms with van der Waals surface area (Å²) < 4.78 is 23.2. The molecule has 0 aliphatic carbocycles. The van der Waals surface area contributed by atoms with E-state index in [9.17, 15) is 18.8 Å². The summed E-state index contributed by atoms with van der Waals surface area (Å²) in [7, 11) is 0. The number of hydrogen-bond acceptors (Lipinski definition) is 5. The van der Waals surface area contributed by atoms with Crippen LogP contribution in [0.3, 0.4) is 0 Å². The quantitative estimate of drug-likeness (QED) is 0.392. The van der Waals surface area contributed by atoms with E-state index in [-0.39, 0.29) is 25.6 Å². The lowest BCUT2D eigenvalue weighted by Crippen LogP contribution is -2.47. The minimum atomic E-state index is -1.21. The number of fused-ring (bicyclic) bond motifs is 3. The largest absolute Gasteiger partial charge is 0.436 e. The molecule has 198 valence electrons. The monoisotopic (exact) mass is 519 g/mol. The Balaban J connectivity index is 1.56. The number of carbonyl (C=O) groups is 3. The van der Waals surface area contributed by atoms with Crippen LogP contribution in [0.2, 0.25) is 0 Å². The number of rotatable bonds is 10. The van der Waals surface area contributed by atoms with Gasteiger partial charge in [0.1, 0.15) is 12.7 Å². The van der Waals surface area contributed by atoms with Gasteiger partial charge in [-0.15, -0.1) is 0 Å². The molecule has 0 saturated carbocycles. The SMILES string of the molecule is C[C@H](OC(=O)NCCF)C(=O)N[C@@H]1C(=O)N(CCOCc2ccccc2)c2ccccc2-c2ccccc21. The third-order valence-electron chi connectivity index (χ3n) is 6.14. The number of ether oxygens (including phenoxy) is 2. The van der Waals surface area contributed by atoms with E-state index in [1.165, 1.54) is 6.92 Å². The van der Waals surface area contributed by atoms with Crippen molar-refractivity contribution in [3.8, 4) is 11.1 Å². The Kier molecular flexibility index (Phi) is 9.05. The van der Waals surface area contributed by atoms with Crippen LogP contribution in [0.4, 0.5) is 14.9 Å². The number of para-hydroxylation sites is 1. The number of nitrogens with one attached hydrogen (secondary N) is 2. The first kappa shape index (κ1) is 26.8. The molecule has 3 aromatic rings. The predicted octanol–water partition coefficient (Wildman–Crippen LogP) is 4.16. The molecule has 0 fully saturated rings. The first-order chi connectivity index (χ1) is 18.5. The van der Waals surface area contributed by atoms with Crippen LogP contribution in [-0.4, -0.2) is 50.4 Å². The van der Waals surface area contributed by atoms with Crippen molar-refractivity contribution in [2.45, 2.75) is 25.7 Å². The standard InChI is InChI=1S/C29H30FN3O5/c1-20(38-29(36)31-16-15-30)27(34)32-26-24-13-6-5-11-22(24)23-12-7-8-14-25(23)33(28(26)35)17-18-37-19-21-9-3-2-4-10-21/h2-14,20,26H,15-19H2,1H3,(H,31,36)(H,32,34)/t20-,26-/m0/s1. The number of carbonyl (C=O) groups excluding carboxylic acids is 3. The van der Waals surface area contributed by atoms with Crippen molar-refractivity contribution in [2.75, 3.05) is 31.3 Å². The molecule has 0 bridgehead atoms. The summed E-state index contributed by atoms with van der Waals surface area (Å²) in [5.41, 5.74) is 4.02. The molecule has 0 spiro atoms. The second kappa shape index (κ2) is 12.8. The van der Waals surface area contributed by atoms with Crippen LogP contribution in [0.5, 0.6) is 0 Å². The number of amides is 3. The molecule has 1 heterocycles. The van der Waals surface area contributed by atoms with Gasteiger partial charge in [-0.25, -0.2) is 9.18 Å². The van der Waals surface area contributed by atoms with Gasteiger partial charge >= 0.3 is 6.09 Å². The summed E-state index contributed by atoms with van der Waals surface area (Å²) in [6.07, 6.45) is -2.12. The molecule has 0 radical (unpaired) electrons. The van der Waals surface area contributed by atoms with Crippen LogP contribution in [0, 0.1) is 0 Å². The molecular weight excluding hydrogens is 489 g/mol. The zero-order valence-corrected chi connectivity index (χ0v) is 21.1. The summed E-state index contributed by atoms with van der Waals surface area (Å²) in [5.74, 6) is -0.993. The van der Waals surface area contributed by atoms with Crippen molar-refractivity contribution in [1.29, 1.82) is 0 Å². The van der Waals surface area contributed by atoms with Gasteiger partial charge in [-0.3, -0.25) is 9.59 Å². The van der Waals surface area contributed by atoms with Crippen molar-refractivity contribution < 1.29 is 28.2 Å². The number of alkyl carbamates (subject to hydrolysis) is 1. The van der Waals surface area contributed by atoms with Crippen LogP contribution in [0.25, 0.3) is 11.1 Å². The summed E-state index contributed by atoms with van der Waals surface area (Å²) in [6.45, 7) is 1.36. The Morgan fingerprint density at radius 2 is 1.66 bits per heavy atom. The van der Waals surface area contributed by atoms with E-state index in [2.05, 4.69) is 10.6 Å². The zero-order chi connectivity index (χ0) is 26.9. The van der Waals surface area contributed by atoms with Crippen molar-refractivity contribution in [2.24, 2.45) is 0 Å². The van der Waals surface area contributed by atoms with E-state index >= 15 is 0 Å². The van der Waals surface area contributed by atoms with Crippen molar-refractivity contribution >= 4 is 23.6 Å². The topological polar surface area (TPSA) is 97.0 Å². The average molecular weight is 520 g/mol. The molecule has 0 saturated heterocycles. The fraction of sp³-hybridized carbons (Fsp3) is 0.276. The lowest BCUT2D eigenvalue weighted by Gasteiger charge is -2.27. The molecule has 1 aliphatic rings. The Morgan fingerprint density at radius 1 is 0.974 bits per heavy atom. The Hall–Kier alpha value is -4.24. The number of halogens is 1. The van der Waals surface area contributed by atoms with Gasteiger partial charge < -0.3 is 25.0 Å². The third kappa shape index (κ3) is 6.36. The molecule has 8 nitrogen and oxygen atoms in total. The molecule has 2 N–H and O–H groups in total. The Labute approximate surface area is 220 Å². The fourth-order valence-electron chi connectivity index (χ4n) is 4.29. The third-order valence-corrected chi connectivity index (χ3v) is 6.14. The highest BCUT2D eigenvalue weighted by Gasteiger charge is 2.36. The highest BCUT2D eigenvalue weighted by molar-refractivity contribution is 6.06. The summed E-state index contributed by atoms with van der Waals surface area (Å²) >= 11 is 0. The van der Waals surface area contributed by atoms with Gasteiger partial charge in [-0.2, -0.15) is 0 Å². The van der Waals surface area contributed by atoms with Crippen LogP contribution in [0.15, 0.2) is 78.9 Å². The highest BCUT2D eigenvalue weighted by atomic mass is 19.1. The molecule has 3 aromatic carbocycles. The molecule has 0 unspecified atom stereocenters. The summed E-state index contributed by atoms with van der Waals surface area (Å²) in [5, 5.41) is 4.97. The lowest BCUT2D eigenvalue weighted by atomic mass is 9.95. The normalized spacial score (nSPS) is 15.1. The molecule has 2 atom stereocenters. The molecule has 1 aliphatic heterocycles. The van der Waals surface area contributed by atoms with Crippen molar-refractivity contribution in [3.05, 3.63) is 90.0 Å². The number of benzene rings is 3. The Morgan fingerprint density at radius 3 is 2.42 bits per heavy atom. The van der Waals surface area contributed by atoms with Crippen LogP contribution >= 0.6 is 0 Å². The summed E-state index contributed by atoms with van der Waals surface area (Å²) in [4.78, 5) is 40.4.